The Labute approximate surface area is 75.3 Å². The molecule has 4 atom stereocenters. The van der Waals surface area contributed by atoms with Gasteiger partial charge in [-0.15, -0.1) is 11.6 Å². The van der Waals surface area contributed by atoms with Crippen LogP contribution in [0.25, 0.3) is 0 Å². The fourth-order valence-corrected chi connectivity index (χ4v) is 2.57. The van der Waals surface area contributed by atoms with Crippen LogP contribution in [0.2, 0.25) is 0 Å². The Morgan fingerprint density at radius 2 is 1.91 bits per heavy atom. The van der Waals surface area contributed by atoms with Gasteiger partial charge < -0.3 is 0 Å². The highest BCUT2D eigenvalue weighted by Gasteiger charge is 2.28. The van der Waals surface area contributed by atoms with Crippen LogP contribution in [0.1, 0.15) is 40.0 Å². The van der Waals surface area contributed by atoms with Crippen LogP contribution in [-0.4, -0.2) is 5.38 Å². The van der Waals surface area contributed by atoms with Crippen molar-refractivity contribution in [3.05, 3.63) is 0 Å². The van der Waals surface area contributed by atoms with Gasteiger partial charge in [0.15, 0.2) is 0 Å². The number of hydrogen-bond acceptors (Lipinski definition) is 0. The molecule has 1 saturated carbocycles. The largest absolute Gasteiger partial charge is 0.123 e. The van der Waals surface area contributed by atoms with E-state index in [0.29, 0.717) is 5.38 Å². The standard InChI is InChI=1S/C10H19Cl/c1-7-4-5-8(2)10(6-7)9(3)11/h7-10H,4-6H2,1-3H3. The molecule has 0 saturated heterocycles. The Bertz CT molecular complexity index is 120. The Kier molecular flexibility index (Phi) is 3.24. The molecule has 0 heterocycles. The lowest BCUT2D eigenvalue weighted by Gasteiger charge is -2.34. The molecule has 0 aliphatic heterocycles. The highest BCUT2D eigenvalue weighted by molar-refractivity contribution is 6.20. The maximum absolute atomic E-state index is 6.12. The number of halogens is 1. The summed E-state index contributed by atoms with van der Waals surface area (Å²) in [5.41, 5.74) is 0. The van der Waals surface area contributed by atoms with E-state index in [4.69, 9.17) is 11.6 Å². The average molecular weight is 175 g/mol. The van der Waals surface area contributed by atoms with Crippen molar-refractivity contribution < 1.29 is 0 Å². The molecule has 0 spiro atoms. The molecule has 1 fully saturated rings. The lowest BCUT2D eigenvalue weighted by molar-refractivity contribution is 0.202. The van der Waals surface area contributed by atoms with Gasteiger partial charge in [0.05, 0.1) is 0 Å². The maximum atomic E-state index is 6.12. The second-order valence-electron chi connectivity index (χ2n) is 4.24. The minimum absolute atomic E-state index is 0.368. The summed E-state index contributed by atoms with van der Waals surface area (Å²) in [6, 6.07) is 0. The zero-order chi connectivity index (χ0) is 8.43. The van der Waals surface area contributed by atoms with E-state index >= 15 is 0 Å². The topological polar surface area (TPSA) is 0 Å². The zero-order valence-corrected chi connectivity index (χ0v) is 8.56. The van der Waals surface area contributed by atoms with Crippen LogP contribution < -0.4 is 0 Å². The smallest absolute Gasteiger partial charge is 0.0338 e. The summed E-state index contributed by atoms with van der Waals surface area (Å²) >= 11 is 6.12. The summed E-state index contributed by atoms with van der Waals surface area (Å²) in [5.74, 6) is 2.51. The Hall–Kier alpha value is 0.290. The fraction of sp³-hybridized carbons (Fsp3) is 1.00. The summed E-state index contributed by atoms with van der Waals surface area (Å²) in [7, 11) is 0. The molecule has 0 aromatic rings. The summed E-state index contributed by atoms with van der Waals surface area (Å²) in [5, 5.41) is 0.368. The Balaban J connectivity index is 2.47. The third-order valence-corrected chi connectivity index (χ3v) is 3.43. The van der Waals surface area contributed by atoms with E-state index in [1.807, 2.05) is 0 Å². The van der Waals surface area contributed by atoms with Crippen LogP contribution in [-0.2, 0) is 0 Å². The van der Waals surface area contributed by atoms with Crippen molar-refractivity contribution in [2.24, 2.45) is 17.8 Å². The third-order valence-electron chi connectivity index (χ3n) is 3.11. The van der Waals surface area contributed by atoms with Gasteiger partial charge in [0.25, 0.3) is 0 Å². The van der Waals surface area contributed by atoms with Crippen molar-refractivity contribution >= 4 is 11.6 Å². The van der Waals surface area contributed by atoms with E-state index < -0.39 is 0 Å². The van der Waals surface area contributed by atoms with Crippen LogP contribution in [0.15, 0.2) is 0 Å². The monoisotopic (exact) mass is 174 g/mol. The molecule has 1 heteroatoms. The molecule has 1 aliphatic carbocycles. The van der Waals surface area contributed by atoms with E-state index in [1.54, 1.807) is 0 Å². The van der Waals surface area contributed by atoms with E-state index in [0.717, 1.165) is 17.8 Å². The van der Waals surface area contributed by atoms with Crippen LogP contribution in [0.4, 0.5) is 0 Å². The SMILES string of the molecule is CC1CCC(C)C(C(C)Cl)C1. The van der Waals surface area contributed by atoms with Gasteiger partial charge in [-0.05, 0) is 31.1 Å². The second-order valence-corrected chi connectivity index (χ2v) is 4.93. The van der Waals surface area contributed by atoms with Crippen molar-refractivity contribution in [3.63, 3.8) is 0 Å². The molecule has 0 aromatic carbocycles. The summed E-state index contributed by atoms with van der Waals surface area (Å²) < 4.78 is 0. The predicted octanol–water partition coefficient (Wildman–Crippen LogP) is 3.69. The van der Waals surface area contributed by atoms with Gasteiger partial charge in [-0.1, -0.05) is 26.7 Å². The number of alkyl halides is 1. The Morgan fingerprint density at radius 1 is 1.27 bits per heavy atom. The molecule has 11 heavy (non-hydrogen) atoms. The number of rotatable bonds is 1. The highest BCUT2D eigenvalue weighted by atomic mass is 35.5. The van der Waals surface area contributed by atoms with Crippen LogP contribution in [0.3, 0.4) is 0 Å². The minimum Gasteiger partial charge on any atom is -0.123 e. The molecule has 0 N–H and O–H groups in total. The molecular weight excluding hydrogens is 156 g/mol. The van der Waals surface area contributed by atoms with Crippen LogP contribution in [0, 0.1) is 17.8 Å². The normalized spacial score (nSPS) is 42.0. The van der Waals surface area contributed by atoms with E-state index in [1.165, 1.54) is 19.3 Å². The van der Waals surface area contributed by atoms with E-state index in [2.05, 4.69) is 20.8 Å². The van der Waals surface area contributed by atoms with Gasteiger partial charge in [0, 0.05) is 5.38 Å². The van der Waals surface area contributed by atoms with Crippen molar-refractivity contribution in [1.29, 1.82) is 0 Å². The Morgan fingerprint density at radius 3 is 2.36 bits per heavy atom. The van der Waals surface area contributed by atoms with Gasteiger partial charge in [-0.3, -0.25) is 0 Å². The first kappa shape index (κ1) is 9.38. The summed E-state index contributed by atoms with van der Waals surface area (Å²) in [4.78, 5) is 0. The molecule has 0 radical (unpaired) electrons. The second kappa shape index (κ2) is 3.80. The summed E-state index contributed by atoms with van der Waals surface area (Å²) in [6.07, 6.45) is 4.12. The molecule has 0 amide bonds. The van der Waals surface area contributed by atoms with E-state index in [9.17, 15) is 0 Å². The van der Waals surface area contributed by atoms with Crippen molar-refractivity contribution in [3.8, 4) is 0 Å². The van der Waals surface area contributed by atoms with Crippen LogP contribution in [0.5, 0.6) is 0 Å². The first-order valence-electron chi connectivity index (χ1n) is 4.75. The quantitative estimate of drug-likeness (QED) is 0.532. The zero-order valence-electron chi connectivity index (χ0n) is 7.81. The summed E-state index contributed by atoms with van der Waals surface area (Å²) in [6.45, 7) is 6.83. The molecule has 0 aromatic heterocycles. The first-order chi connectivity index (χ1) is 5.11. The fourth-order valence-electron chi connectivity index (χ4n) is 2.22. The van der Waals surface area contributed by atoms with Gasteiger partial charge in [0.1, 0.15) is 0 Å². The molecule has 1 rings (SSSR count). The van der Waals surface area contributed by atoms with Crippen molar-refractivity contribution in [2.75, 3.05) is 0 Å². The molecule has 0 bridgehead atoms. The third kappa shape index (κ3) is 2.37. The van der Waals surface area contributed by atoms with E-state index in [-0.39, 0.29) is 0 Å². The van der Waals surface area contributed by atoms with Gasteiger partial charge in [-0.2, -0.15) is 0 Å². The predicted molar refractivity (Wildman–Crippen MR) is 51.0 cm³/mol. The van der Waals surface area contributed by atoms with Crippen LogP contribution >= 0.6 is 11.6 Å². The maximum Gasteiger partial charge on any atom is 0.0338 e. The van der Waals surface area contributed by atoms with Gasteiger partial charge in [0.2, 0.25) is 0 Å². The first-order valence-corrected chi connectivity index (χ1v) is 5.19. The van der Waals surface area contributed by atoms with Crippen molar-refractivity contribution in [2.45, 2.75) is 45.4 Å². The number of hydrogen-bond donors (Lipinski definition) is 0. The van der Waals surface area contributed by atoms with Gasteiger partial charge in [-0.25, -0.2) is 0 Å². The molecule has 0 nitrogen and oxygen atoms in total. The molecule has 4 unspecified atom stereocenters. The molecule has 1 aliphatic rings. The molecule has 66 valence electrons. The van der Waals surface area contributed by atoms with Gasteiger partial charge >= 0.3 is 0 Å². The average Bonchev–Trinajstić information content (AvgIpc) is 1.94. The lowest BCUT2D eigenvalue weighted by atomic mass is 9.74. The van der Waals surface area contributed by atoms with Crippen molar-refractivity contribution in [1.82, 2.24) is 0 Å². The minimum atomic E-state index is 0.368. The lowest BCUT2D eigenvalue weighted by Crippen LogP contribution is -2.27. The molecular formula is C10H19Cl. The highest BCUT2D eigenvalue weighted by Crippen LogP contribution is 2.36.